The molecule has 7 nitrogen and oxygen atoms in total. The Balaban J connectivity index is 1.20. The molecular formula is C27H27ClFN3O4. The third-order valence-electron chi connectivity index (χ3n) is 7.69. The van der Waals surface area contributed by atoms with Gasteiger partial charge in [-0.3, -0.25) is 0 Å². The Morgan fingerprint density at radius 3 is 2.58 bits per heavy atom. The fourth-order valence-electron chi connectivity index (χ4n) is 5.80. The van der Waals surface area contributed by atoms with Crippen LogP contribution in [0.15, 0.2) is 34.9 Å². The first kappa shape index (κ1) is 23.4. The quantitative estimate of drug-likeness (QED) is 0.408. The van der Waals surface area contributed by atoms with E-state index in [0.29, 0.717) is 28.9 Å². The van der Waals surface area contributed by atoms with Crippen molar-refractivity contribution in [1.82, 2.24) is 10.1 Å². The minimum absolute atomic E-state index is 0.0454. The molecule has 1 aliphatic carbocycles. The maximum Gasteiger partial charge on any atom is 0.337 e. The molecule has 1 N–H and O–H groups in total. The minimum atomic E-state index is -0.961. The minimum Gasteiger partial charge on any atom is -0.478 e. The number of aryl methyl sites for hydroxylation is 1. The van der Waals surface area contributed by atoms with E-state index < -0.39 is 11.8 Å². The second-order valence-corrected chi connectivity index (χ2v) is 10.5. The highest BCUT2D eigenvalue weighted by Gasteiger charge is 2.42. The maximum absolute atomic E-state index is 14.7. The van der Waals surface area contributed by atoms with Gasteiger partial charge in [0, 0.05) is 23.6 Å². The van der Waals surface area contributed by atoms with Crippen molar-refractivity contribution in [3.8, 4) is 11.3 Å². The number of anilines is 1. The number of carbonyl (C=O) groups is 1. The Kier molecular flexibility index (Phi) is 5.96. The van der Waals surface area contributed by atoms with E-state index in [-0.39, 0.29) is 29.3 Å². The molecule has 1 aromatic carbocycles. The maximum atomic E-state index is 14.7. The monoisotopic (exact) mass is 511 g/mol. The number of benzene rings is 1. The number of pyridine rings is 1. The number of aromatic carboxylic acids is 1. The van der Waals surface area contributed by atoms with Gasteiger partial charge in [0.25, 0.3) is 0 Å². The Bertz CT molecular complexity index is 1290. The van der Waals surface area contributed by atoms with E-state index in [2.05, 4.69) is 15.0 Å². The topological polar surface area (TPSA) is 88.7 Å². The highest BCUT2D eigenvalue weighted by molar-refractivity contribution is 6.33. The third kappa shape index (κ3) is 4.16. The lowest BCUT2D eigenvalue weighted by Crippen LogP contribution is -2.46. The van der Waals surface area contributed by atoms with Gasteiger partial charge >= 0.3 is 5.97 Å². The Labute approximate surface area is 213 Å². The van der Waals surface area contributed by atoms with E-state index in [9.17, 15) is 14.3 Å². The van der Waals surface area contributed by atoms with Gasteiger partial charge in [-0.25, -0.2) is 14.2 Å². The van der Waals surface area contributed by atoms with Crippen LogP contribution in [0.4, 0.5) is 10.2 Å². The van der Waals surface area contributed by atoms with Gasteiger partial charge in [-0.05, 0) is 69.7 Å². The lowest BCUT2D eigenvalue weighted by Gasteiger charge is -2.39. The van der Waals surface area contributed by atoms with Gasteiger partial charge in [0.1, 0.15) is 23.1 Å². The van der Waals surface area contributed by atoms with Crippen molar-refractivity contribution in [2.45, 2.75) is 76.2 Å². The molecule has 2 saturated heterocycles. The predicted octanol–water partition coefficient (Wildman–Crippen LogP) is 6.13. The molecule has 36 heavy (non-hydrogen) atoms. The number of piperidine rings is 1. The molecule has 3 fully saturated rings. The summed E-state index contributed by atoms with van der Waals surface area (Å²) in [5, 5.41) is 13.8. The molecule has 3 aliphatic rings. The molecule has 6 rings (SSSR count). The lowest BCUT2D eigenvalue weighted by molar-refractivity contribution is 0.0146. The highest BCUT2D eigenvalue weighted by atomic mass is 35.5. The highest BCUT2D eigenvalue weighted by Crippen LogP contribution is 2.46. The van der Waals surface area contributed by atoms with Crippen molar-refractivity contribution in [2.24, 2.45) is 0 Å². The van der Waals surface area contributed by atoms with Crippen LogP contribution in [0.1, 0.15) is 71.8 Å². The van der Waals surface area contributed by atoms with Crippen molar-refractivity contribution in [3.63, 3.8) is 0 Å². The van der Waals surface area contributed by atoms with Crippen LogP contribution in [0.25, 0.3) is 11.3 Å². The molecule has 3 atom stereocenters. The molecular weight excluding hydrogens is 485 g/mol. The first-order valence-corrected chi connectivity index (χ1v) is 12.8. The summed E-state index contributed by atoms with van der Waals surface area (Å²) in [6.45, 7) is 2.03. The summed E-state index contributed by atoms with van der Waals surface area (Å²) in [4.78, 5) is 18.3. The van der Waals surface area contributed by atoms with Gasteiger partial charge in [-0.15, -0.1) is 0 Å². The van der Waals surface area contributed by atoms with E-state index in [0.717, 1.165) is 55.7 Å². The molecule has 4 heterocycles. The number of nitrogens with zero attached hydrogens (tertiary/aromatic N) is 3. The number of rotatable bonds is 7. The molecule has 188 valence electrons. The number of fused-ring (bicyclic) bond motifs is 2. The molecule has 2 aromatic heterocycles. The summed E-state index contributed by atoms with van der Waals surface area (Å²) in [5.74, 6) is 0.522. The van der Waals surface area contributed by atoms with Gasteiger partial charge in [-0.2, -0.15) is 0 Å². The number of aromatic nitrogens is 2. The summed E-state index contributed by atoms with van der Waals surface area (Å²) in [6.07, 6.45) is 5.88. The Hall–Kier alpha value is -2.97. The molecule has 3 aromatic rings. The second-order valence-electron chi connectivity index (χ2n) is 10.0. The van der Waals surface area contributed by atoms with Crippen molar-refractivity contribution >= 4 is 23.4 Å². The van der Waals surface area contributed by atoms with Crippen LogP contribution < -0.4 is 4.90 Å². The van der Waals surface area contributed by atoms with Crippen LogP contribution in [-0.2, 0) is 11.3 Å². The number of hydrogen-bond donors (Lipinski definition) is 1. The zero-order valence-corrected chi connectivity index (χ0v) is 20.7. The van der Waals surface area contributed by atoms with E-state index in [4.69, 9.17) is 20.9 Å². The largest absolute Gasteiger partial charge is 0.478 e. The molecule has 2 aliphatic heterocycles. The number of carboxylic acid groups (broad SMARTS) is 1. The average molecular weight is 512 g/mol. The third-order valence-corrected chi connectivity index (χ3v) is 8.00. The summed E-state index contributed by atoms with van der Waals surface area (Å²) in [5.41, 5.74) is 2.24. The van der Waals surface area contributed by atoms with Crippen LogP contribution >= 0.6 is 11.6 Å². The predicted molar refractivity (Wildman–Crippen MR) is 132 cm³/mol. The Morgan fingerprint density at radius 1 is 1.19 bits per heavy atom. The first-order chi connectivity index (χ1) is 17.4. The van der Waals surface area contributed by atoms with Gasteiger partial charge < -0.3 is 19.3 Å². The average Bonchev–Trinajstić information content (AvgIpc) is 3.55. The molecule has 1 saturated carbocycles. The van der Waals surface area contributed by atoms with Crippen LogP contribution in [0.3, 0.4) is 0 Å². The first-order valence-electron chi connectivity index (χ1n) is 12.4. The van der Waals surface area contributed by atoms with Crippen LogP contribution in [0.5, 0.6) is 0 Å². The van der Waals surface area contributed by atoms with Crippen molar-refractivity contribution in [3.05, 3.63) is 63.8 Å². The van der Waals surface area contributed by atoms with E-state index in [1.165, 1.54) is 6.07 Å². The summed E-state index contributed by atoms with van der Waals surface area (Å²) >= 11 is 6.34. The molecule has 0 spiro atoms. The van der Waals surface area contributed by atoms with Crippen LogP contribution in [-0.4, -0.2) is 39.4 Å². The summed E-state index contributed by atoms with van der Waals surface area (Å²) in [6, 6.07) is 8.62. The molecule has 0 amide bonds. The zero-order valence-electron chi connectivity index (χ0n) is 19.9. The number of halogens is 2. The second kappa shape index (κ2) is 9.16. The zero-order chi connectivity index (χ0) is 25.0. The van der Waals surface area contributed by atoms with Crippen molar-refractivity contribution < 1.29 is 23.6 Å². The molecule has 2 bridgehead atoms. The van der Waals surface area contributed by atoms with E-state index >= 15 is 0 Å². The van der Waals surface area contributed by atoms with Gasteiger partial charge in [0.2, 0.25) is 0 Å². The summed E-state index contributed by atoms with van der Waals surface area (Å²) < 4.78 is 26.8. The molecule has 9 heteroatoms. The summed E-state index contributed by atoms with van der Waals surface area (Å²) in [7, 11) is 0. The van der Waals surface area contributed by atoms with Gasteiger partial charge in [-0.1, -0.05) is 22.8 Å². The van der Waals surface area contributed by atoms with E-state index in [1.807, 2.05) is 6.07 Å². The number of hydrogen-bond acceptors (Lipinski definition) is 6. The number of carboxylic acids is 1. The number of ether oxygens (including phenoxy) is 1. The SMILES string of the molecule is Cc1nc(N2[C@@H]3CC[C@H]2CC(OCc2c(-c4c(F)cccc4Cl)noc2C2CC2)C3)ccc1C(=O)O. The Morgan fingerprint density at radius 2 is 1.94 bits per heavy atom. The fraction of sp³-hybridized carbons (Fsp3) is 0.444. The van der Waals surface area contributed by atoms with Crippen molar-refractivity contribution in [2.75, 3.05) is 4.90 Å². The smallest absolute Gasteiger partial charge is 0.337 e. The fourth-order valence-corrected chi connectivity index (χ4v) is 6.06. The van der Waals surface area contributed by atoms with Gasteiger partial charge in [0.15, 0.2) is 0 Å². The lowest BCUT2D eigenvalue weighted by atomic mass is 9.99. The normalized spacial score (nSPS) is 23.3. The standard InChI is InChI=1S/C27H27ClFN3O4/c1-14-19(27(33)34)9-10-23(30-14)32-16-7-8-17(32)12-18(11-16)35-13-20-25(31-36-26(20)15-5-6-15)24-21(28)3-2-4-22(24)29/h2-4,9-10,15-18H,5-8,11-13H2,1H3,(H,33,34)/t16-,17+,18?. The van der Waals surface area contributed by atoms with Crippen LogP contribution in [0, 0.1) is 12.7 Å². The van der Waals surface area contributed by atoms with E-state index in [1.54, 1.807) is 25.1 Å². The van der Waals surface area contributed by atoms with Gasteiger partial charge in [0.05, 0.1) is 34.6 Å². The van der Waals surface area contributed by atoms with Crippen LogP contribution in [0.2, 0.25) is 5.02 Å². The van der Waals surface area contributed by atoms with Crippen molar-refractivity contribution in [1.29, 1.82) is 0 Å². The molecule has 1 unspecified atom stereocenters. The molecule has 0 radical (unpaired) electrons.